The van der Waals surface area contributed by atoms with E-state index in [0.29, 0.717) is 11.5 Å². The van der Waals surface area contributed by atoms with Crippen molar-refractivity contribution < 1.29 is 9.53 Å². The number of rotatable bonds is 8. The van der Waals surface area contributed by atoms with Crippen molar-refractivity contribution >= 4 is 29.4 Å². The van der Waals surface area contributed by atoms with E-state index in [1.807, 2.05) is 19.1 Å². The predicted molar refractivity (Wildman–Crippen MR) is 91.9 cm³/mol. The molecule has 1 aromatic heterocycles. The normalized spacial score (nSPS) is 11.4. The fraction of sp³-hybridized carbons (Fsp3) is 0.312. The highest BCUT2D eigenvalue weighted by molar-refractivity contribution is 7.09. The zero-order valence-electron chi connectivity index (χ0n) is 12.5. The number of allylic oxidation sites excluding steroid dienone is 3. The maximum atomic E-state index is 8.95. The lowest BCUT2D eigenvalue weighted by Gasteiger charge is -2.06. The van der Waals surface area contributed by atoms with Crippen LogP contribution >= 0.6 is 22.9 Å². The van der Waals surface area contributed by atoms with Gasteiger partial charge in [-0.05, 0) is 30.4 Å². The Morgan fingerprint density at radius 2 is 2.29 bits per heavy atom. The molecule has 0 bridgehead atoms. The summed E-state index contributed by atoms with van der Waals surface area (Å²) < 4.78 is 3.86. The molecule has 0 aliphatic heterocycles. The Hall–Kier alpha value is -1.36. The second kappa shape index (κ2) is 13.6. The number of nitrogens with one attached hydrogen (secondary N) is 1. The molecule has 0 radical (unpaired) electrons. The first-order valence-electron chi connectivity index (χ1n) is 6.52. The Labute approximate surface area is 136 Å². The Balaban J connectivity index is 0.000000885. The van der Waals surface area contributed by atoms with Crippen LogP contribution in [0.15, 0.2) is 52.9 Å². The predicted octanol–water partition coefficient (Wildman–Crippen LogP) is 3.92. The summed E-state index contributed by atoms with van der Waals surface area (Å²) in [4.78, 5) is 10.4. The van der Waals surface area contributed by atoms with E-state index in [0.717, 1.165) is 25.1 Å². The lowest BCUT2D eigenvalue weighted by molar-refractivity contribution is -0.126. The molecule has 21 heavy (non-hydrogen) atoms. The Kier molecular flexibility index (Phi) is 12.7. The molecular formula is C16H22ClNO2S. The van der Waals surface area contributed by atoms with Gasteiger partial charge in [-0.25, -0.2) is 0 Å². The minimum absolute atomic E-state index is 0.375. The van der Waals surface area contributed by atoms with Crippen LogP contribution in [0.3, 0.4) is 0 Å². The van der Waals surface area contributed by atoms with Gasteiger partial charge in [0.25, 0.3) is 6.47 Å². The van der Waals surface area contributed by atoms with Gasteiger partial charge in [0.2, 0.25) is 0 Å². The first-order valence-corrected chi connectivity index (χ1v) is 7.78. The number of hydrogen-bond donors (Lipinski definition) is 1. The Morgan fingerprint density at radius 3 is 2.76 bits per heavy atom. The summed E-state index contributed by atoms with van der Waals surface area (Å²) in [5.41, 5.74) is 1.08. The van der Waals surface area contributed by atoms with E-state index >= 15 is 0 Å². The lowest BCUT2D eigenvalue weighted by Crippen LogP contribution is -2.19. The Bertz CT molecular complexity index is 453. The molecule has 3 nitrogen and oxygen atoms in total. The summed E-state index contributed by atoms with van der Waals surface area (Å²) >= 11 is 7.86. The Morgan fingerprint density at radius 1 is 1.57 bits per heavy atom. The molecular weight excluding hydrogens is 306 g/mol. The number of methoxy groups -OCH3 is 1. The molecule has 0 amide bonds. The van der Waals surface area contributed by atoms with Crippen LogP contribution < -0.4 is 5.32 Å². The van der Waals surface area contributed by atoms with Gasteiger partial charge >= 0.3 is 0 Å². The maximum Gasteiger partial charge on any atom is 0.292 e. The van der Waals surface area contributed by atoms with Crippen molar-refractivity contribution in [1.82, 2.24) is 5.32 Å². The van der Waals surface area contributed by atoms with E-state index in [2.05, 4.69) is 34.1 Å². The monoisotopic (exact) mass is 327 g/mol. The van der Waals surface area contributed by atoms with Gasteiger partial charge in [0, 0.05) is 23.0 Å². The van der Waals surface area contributed by atoms with Gasteiger partial charge in [0.05, 0.1) is 7.11 Å². The minimum Gasteiger partial charge on any atom is -0.471 e. The highest BCUT2D eigenvalue weighted by Crippen LogP contribution is 2.12. The van der Waals surface area contributed by atoms with Gasteiger partial charge < -0.3 is 10.1 Å². The molecule has 0 aliphatic carbocycles. The minimum atomic E-state index is 0.375. The third kappa shape index (κ3) is 10.1. The highest BCUT2D eigenvalue weighted by Gasteiger charge is 1.98. The summed E-state index contributed by atoms with van der Waals surface area (Å²) in [6.45, 7) is 7.78. The molecule has 1 N–H and O–H groups in total. The quantitative estimate of drug-likeness (QED) is 0.447. The summed E-state index contributed by atoms with van der Waals surface area (Å²) in [5.74, 6) is 0. The smallest absolute Gasteiger partial charge is 0.292 e. The molecule has 0 atom stereocenters. The number of carbonyl (C=O) groups excluding carboxylic acids is 1. The van der Waals surface area contributed by atoms with Crippen LogP contribution in [0.2, 0.25) is 0 Å². The van der Waals surface area contributed by atoms with Crippen molar-refractivity contribution in [3.05, 3.63) is 57.8 Å². The third-order valence-corrected chi connectivity index (χ3v) is 3.73. The largest absolute Gasteiger partial charge is 0.471 e. The summed E-state index contributed by atoms with van der Waals surface area (Å²) in [6.07, 6.45) is 6.74. The van der Waals surface area contributed by atoms with Crippen molar-refractivity contribution in [2.24, 2.45) is 0 Å². The van der Waals surface area contributed by atoms with E-state index < -0.39 is 0 Å². The molecule has 5 heteroatoms. The van der Waals surface area contributed by atoms with Crippen molar-refractivity contribution in [3.63, 3.8) is 0 Å². The summed E-state index contributed by atoms with van der Waals surface area (Å²) in [6, 6.07) is 4.24. The first kappa shape index (κ1) is 19.6. The standard InChI is InChI=1S/C14H18ClNS.C2H4O2/c1-3-6-12(14(15)4-2)11-16-9-8-13-7-5-10-17-13;1-4-2-3/h3-7,10,16H,2,8-9,11H2,1H3;2H,1H3/b6-3-,14-12-;. The summed E-state index contributed by atoms with van der Waals surface area (Å²) in [7, 11) is 1.31. The molecule has 0 fully saturated rings. The fourth-order valence-electron chi connectivity index (χ4n) is 1.44. The van der Waals surface area contributed by atoms with Crippen LogP contribution in [0, 0.1) is 0 Å². The first-order chi connectivity index (χ1) is 10.2. The molecule has 0 unspecified atom stereocenters. The average Bonchev–Trinajstić information content (AvgIpc) is 3.03. The number of hydrogen-bond acceptors (Lipinski definition) is 4. The number of carbonyl (C=O) groups is 1. The van der Waals surface area contributed by atoms with Crippen LogP contribution in [0.4, 0.5) is 0 Å². The zero-order chi connectivity index (χ0) is 15.9. The van der Waals surface area contributed by atoms with Gasteiger partial charge in [-0.2, -0.15) is 0 Å². The van der Waals surface area contributed by atoms with E-state index in [1.165, 1.54) is 12.0 Å². The van der Waals surface area contributed by atoms with Crippen molar-refractivity contribution in [1.29, 1.82) is 0 Å². The van der Waals surface area contributed by atoms with Crippen molar-refractivity contribution in [2.45, 2.75) is 13.3 Å². The van der Waals surface area contributed by atoms with Gasteiger partial charge in [-0.3, -0.25) is 4.79 Å². The van der Waals surface area contributed by atoms with Gasteiger partial charge in [-0.1, -0.05) is 42.5 Å². The summed E-state index contributed by atoms with van der Waals surface area (Å²) in [5, 5.41) is 6.21. The van der Waals surface area contributed by atoms with Crippen LogP contribution in [-0.2, 0) is 16.0 Å². The molecule has 0 aromatic carbocycles. The van der Waals surface area contributed by atoms with Gasteiger partial charge in [0.15, 0.2) is 0 Å². The van der Waals surface area contributed by atoms with Gasteiger partial charge in [-0.15, -0.1) is 11.3 Å². The van der Waals surface area contributed by atoms with Gasteiger partial charge in [0.1, 0.15) is 0 Å². The second-order valence-corrected chi connectivity index (χ2v) is 5.35. The van der Waals surface area contributed by atoms with Crippen molar-refractivity contribution in [2.75, 3.05) is 20.2 Å². The molecule has 0 aliphatic rings. The lowest BCUT2D eigenvalue weighted by atomic mass is 10.2. The van der Waals surface area contributed by atoms with E-state index in [1.54, 1.807) is 17.4 Å². The molecule has 0 spiro atoms. The van der Waals surface area contributed by atoms with Crippen molar-refractivity contribution in [3.8, 4) is 0 Å². The van der Waals surface area contributed by atoms with E-state index in [4.69, 9.17) is 16.4 Å². The third-order valence-electron chi connectivity index (χ3n) is 2.39. The van der Waals surface area contributed by atoms with Crippen LogP contribution in [0.25, 0.3) is 0 Å². The molecule has 1 aromatic rings. The van der Waals surface area contributed by atoms with Crippen LogP contribution in [0.1, 0.15) is 11.8 Å². The topological polar surface area (TPSA) is 38.3 Å². The molecule has 1 rings (SSSR count). The molecule has 0 saturated heterocycles. The number of thiophene rings is 1. The molecule has 1 heterocycles. The van der Waals surface area contributed by atoms with Crippen LogP contribution in [-0.4, -0.2) is 26.7 Å². The number of halogens is 1. The SMILES string of the molecule is C=C/C(Cl)=C(\C=C/C)CNCCc1cccs1.COC=O. The van der Waals surface area contributed by atoms with E-state index in [9.17, 15) is 0 Å². The zero-order valence-corrected chi connectivity index (χ0v) is 14.0. The average molecular weight is 328 g/mol. The molecule has 0 saturated carbocycles. The van der Waals surface area contributed by atoms with Crippen LogP contribution in [0.5, 0.6) is 0 Å². The maximum absolute atomic E-state index is 8.95. The second-order valence-electron chi connectivity index (χ2n) is 3.92. The highest BCUT2D eigenvalue weighted by atomic mass is 35.5. The van der Waals surface area contributed by atoms with E-state index in [-0.39, 0.29) is 0 Å². The molecule has 116 valence electrons. The fourth-order valence-corrected chi connectivity index (χ4v) is 2.28. The number of ether oxygens (including phenoxy) is 1.